The molecule has 0 aliphatic carbocycles. The first-order valence-corrected chi connectivity index (χ1v) is 5.45. The highest BCUT2D eigenvalue weighted by Gasteiger charge is 2.03. The molecule has 0 amide bonds. The van der Waals surface area contributed by atoms with Crippen LogP contribution in [0.2, 0.25) is 0 Å². The van der Waals surface area contributed by atoms with Gasteiger partial charge in [-0.15, -0.1) is 0 Å². The van der Waals surface area contributed by atoms with E-state index in [4.69, 9.17) is 0 Å². The monoisotopic (exact) mass is 351 g/mol. The smallest absolute Gasteiger partial charge is 0.150 e. The van der Waals surface area contributed by atoms with Gasteiger partial charge in [-0.05, 0) is 62.8 Å². The summed E-state index contributed by atoms with van der Waals surface area (Å²) in [6, 6.07) is 7.02. The number of pyridine rings is 1. The summed E-state index contributed by atoms with van der Waals surface area (Å²) in [7, 11) is 0. The minimum absolute atomic E-state index is 0.275. The van der Waals surface area contributed by atoms with Gasteiger partial charge in [-0.2, -0.15) is 0 Å². The van der Waals surface area contributed by atoms with Crippen LogP contribution >= 0.6 is 38.5 Å². The molecule has 0 fully saturated rings. The molecular formula is C9H4BrFIN. The highest BCUT2D eigenvalue weighted by molar-refractivity contribution is 14.1. The molecule has 0 aliphatic heterocycles. The predicted octanol–water partition coefficient (Wildman–Crippen LogP) is 3.74. The quantitative estimate of drug-likeness (QED) is 0.520. The summed E-state index contributed by atoms with van der Waals surface area (Å²) in [5.74, 6) is -0.275. The zero-order chi connectivity index (χ0) is 9.42. The van der Waals surface area contributed by atoms with Gasteiger partial charge in [0.25, 0.3) is 0 Å². The maximum atomic E-state index is 13.3. The Bertz CT molecular complexity index is 472. The Morgan fingerprint density at radius 3 is 2.85 bits per heavy atom. The van der Waals surface area contributed by atoms with E-state index in [-0.39, 0.29) is 5.82 Å². The van der Waals surface area contributed by atoms with Crippen molar-refractivity contribution in [2.24, 2.45) is 0 Å². The average molecular weight is 352 g/mol. The zero-order valence-corrected chi connectivity index (χ0v) is 10.1. The van der Waals surface area contributed by atoms with E-state index in [9.17, 15) is 4.39 Å². The van der Waals surface area contributed by atoms with E-state index in [0.717, 1.165) is 8.96 Å². The average Bonchev–Trinajstić information content (AvgIpc) is 2.06. The maximum Gasteiger partial charge on any atom is 0.150 e. The summed E-state index contributed by atoms with van der Waals surface area (Å²) >= 11 is 5.29. The van der Waals surface area contributed by atoms with Crippen molar-refractivity contribution in [2.75, 3.05) is 0 Å². The zero-order valence-electron chi connectivity index (χ0n) is 6.39. The van der Waals surface area contributed by atoms with E-state index in [1.165, 1.54) is 6.07 Å². The van der Waals surface area contributed by atoms with E-state index >= 15 is 0 Å². The Labute approximate surface area is 96.6 Å². The largest absolute Gasteiger partial charge is 0.238 e. The number of halogens is 3. The molecule has 0 saturated heterocycles. The molecule has 0 unspecified atom stereocenters. The molecule has 0 atom stereocenters. The number of hydrogen-bond donors (Lipinski definition) is 0. The van der Waals surface area contributed by atoms with Crippen molar-refractivity contribution in [1.82, 2.24) is 4.98 Å². The molecule has 0 N–H and O–H groups in total. The Morgan fingerprint density at radius 1 is 1.31 bits per heavy atom. The first-order valence-electron chi connectivity index (χ1n) is 3.58. The lowest BCUT2D eigenvalue weighted by atomic mass is 10.2. The normalized spacial score (nSPS) is 10.7. The van der Waals surface area contributed by atoms with Crippen LogP contribution in [0.5, 0.6) is 0 Å². The van der Waals surface area contributed by atoms with Gasteiger partial charge >= 0.3 is 0 Å². The predicted molar refractivity (Wildman–Crippen MR) is 62.1 cm³/mol. The summed E-state index contributed by atoms with van der Waals surface area (Å²) in [5, 5.41) is 0.826. The van der Waals surface area contributed by atoms with Gasteiger partial charge < -0.3 is 0 Å². The van der Waals surface area contributed by atoms with E-state index < -0.39 is 0 Å². The van der Waals surface area contributed by atoms with Crippen LogP contribution in [0.4, 0.5) is 4.39 Å². The van der Waals surface area contributed by atoms with E-state index in [0.29, 0.717) is 10.1 Å². The van der Waals surface area contributed by atoms with Gasteiger partial charge in [-0.25, -0.2) is 9.37 Å². The van der Waals surface area contributed by atoms with Crippen molar-refractivity contribution < 1.29 is 4.39 Å². The molecule has 0 spiro atoms. The van der Waals surface area contributed by atoms with E-state index in [1.807, 2.05) is 12.1 Å². The fourth-order valence-electron chi connectivity index (χ4n) is 1.13. The standard InChI is InChI=1S/C9H4BrFIN/c10-8-2-1-5-3-6(12)4-7(11)9(5)13-8/h1-4H. The van der Waals surface area contributed by atoms with Crippen LogP contribution in [0, 0.1) is 9.39 Å². The topological polar surface area (TPSA) is 12.9 Å². The Morgan fingerprint density at radius 2 is 2.08 bits per heavy atom. The molecule has 13 heavy (non-hydrogen) atoms. The van der Waals surface area contributed by atoms with Gasteiger partial charge in [0.05, 0.1) is 0 Å². The number of aromatic nitrogens is 1. The number of rotatable bonds is 0. The molecule has 66 valence electrons. The van der Waals surface area contributed by atoms with Gasteiger partial charge in [0.2, 0.25) is 0 Å². The summed E-state index contributed by atoms with van der Waals surface area (Å²) in [6.07, 6.45) is 0. The second-order valence-corrected chi connectivity index (χ2v) is 4.65. The highest BCUT2D eigenvalue weighted by atomic mass is 127. The second-order valence-electron chi connectivity index (χ2n) is 2.59. The van der Waals surface area contributed by atoms with Crippen molar-refractivity contribution in [3.63, 3.8) is 0 Å². The molecule has 0 bridgehead atoms. The Hall–Kier alpha value is -0.230. The lowest BCUT2D eigenvalue weighted by molar-refractivity contribution is 0.635. The molecule has 1 nitrogen and oxygen atoms in total. The Kier molecular flexibility index (Phi) is 2.51. The van der Waals surface area contributed by atoms with Gasteiger partial charge in [0.15, 0.2) is 5.82 Å². The van der Waals surface area contributed by atoms with Crippen LogP contribution in [-0.2, 0) is 0 Å². The van der Waals surface area contributed by atoms with E-state index in [1.54, 1.807) is 6.07 Å². The molecule has 1 aromatic heterocycles. The van der Waals surface area contributed by atoms with E-state index in [2.05, 4.69) is 43.5 Å². The number of hydrogen-bond acceptors (Lipinski definition) is 1. The fraction of sp³-hybridized carbons (Fsp3) is 0. The third kappa shape index (κ3) is 1.83. The molecule has 2 aromatic rings. The molecule has 2 rings (SSSR count). The van der Waals surface area contributed by atoms with Crippen LogP contribution in [0.1, 0.15) is 0 Å². The van der Waals surface area contributed by atoms with Crippen LogP contribution in [0.15, 0.2) is 28.9 Å². The minimum atomic E-state index is -0.275. The minimum Gasteiger partial charge on any atom is -0.238 e. The molecule has 4 heteroatoms. The first kappa shape index (κ1) is 9.33. The molecule has 1 heterocycles. The Balaban J connectivity index is 2.87. The van der Waals surface area contributed by atoms with Crippen molar-refractivity contribution in [3.05, 3.63) is 38.3 Å². The number of benzene rings is 1. The van der Waals surface area contributed by atoms with Crippen LogP contribution in [-0.4, -0.2) is 4.98 Å². The first-order chi connectivity index (χ1) is 6.16. The van der Waals surface area contributed by atoms with Crippen molar-refractivity contribution in [3.8, 4) is 0 Å². The second kappa shape index (κ2) is 3.49. The third-order valence-electron chi connectivity index (χ3n) is 1.68. The summed E-state index contributed by atoms with van der Waals surface area (Å²) < 4.78 is 14.9. The molecule has 0 saturated carbocycles. The maximum absolute atomic E-state index is 13.3. The highest BCUT2D eigenvalue weighted by Crippen LogP contribution is 2.21. The molecule has 1 aromatic carbocycles. The van der Waals surface area contributed by atoms with Crippen LogP contribution < -0.4 is 0 Å². The van der Waals surface area contributed by atoms with Gasteiger partial charge in [-0.1, -0.05) is 0 Å². The summed E-state index contributed by atoms with van der Waals surface area (Å²) in [6.45, 7) is 0. The molecular weight excluding hydrogens is 348 g/mol. The third-order valence-corrected chi connectivity index (χ3v) is 2.74. The van der Waals surface area contributed by atoms with Crippen LogP contribution in [0.3, 0.4) is 0 Å². The number of fused-ring (bicyclic) bond motifs is 1. The van der Waals surface area contributed by atoms with Crippen LogP contribution in [0.25, 0.3) is 10.9 Å². The summed E-state index contributed by atoms with van der Waals surface area (Å²) in [5.41, 5.74) is 0.412. The van der Waals surface area contributed by atoms with Crippen molar-refractivity contribution in [1.29, 1.82) is 0 Å². The van der Waals surface area contributed by atoms with Gasteiger partial charge in [-0.3, -0.25) is 0 Å². The molecule has 0 aliphatic rings. The lowest BCUT2D eigenvalue weighted by Crippen LogP contribution is -1.86. The van der Waals surface area contributed by atoms with Gasteiger partial charge in [0.1, 0.15) is 10.1 Å². The number of nitrogens with zero attached hydrogens (tertiary/aromatic N) is 1. The lowest BCUT2D eigenvalue weighted by Gasteiger charge is -2.00. The van der Waals surface area contributed by atoms with Gasteiger partial charge in [0, 0.05) is 8.96 Å². The van der Waals surface area contributed by atoms with Crippen molar-refractivity contribution >= 4 is 49.4 Å². The van der Waals surface area contributed by atoms with Crippen molar-refractivity contribution in [2.45, 2.75) is 0 Å². The SMILES string of the molecule is Fc1cc(I)cc2ccc(Br)nc12. The fourth-order valence-corrected chi connectivity index (χ4v) is 2.05. The summed E-state index contributed by atoms with van der Waals surface area (Å²) in [4.78, 5) is 4.05. The molecule has 0 radical (unpaired) electrons.